The maximum absolute atomic E-state index is 5.23. The molecule has 17 heavy (non-hydrogen) atoms. The van der Waals surface area contributed by atoms with Crippen LogP contribution in [0.25, 0.3) is 0 Å². The highest BCUT2D eigenvalue weighted by atomic mass is 16.5. The molecule has 0 aromatic carbocycles. The largest absolute Gasteiger partial charge is 0.381 e. The molecule has 1 heteroatoms. The van der Waals surface area contributed by atoms with Crippen LogP contribution in [0.3, 0.4) is 0 Å². The Morgan fingerprint density at radius 2 is 1.94 bits per heavy atom. The Hall–Kier alpha value is -0.560. The van der Waals surface area contributed by atoms with Crippen molar-refractivity contribution >= 4 is 0 Å². The summed E-state index contributed by atoms with van der Waals surface area (Å²) in [6, 6.07) is 0. The second-order valence-electron chi connectivity index (χ2n) is 4.98. The quantitative estimate of drug-likeness (QED) is 0.506. The van der Waals surface area contributed by atoms with E-state index in [1.807, 2.05) is 0 Å². The second kappa shape index (κ2) is 10.6. The third-order valence-corrected chi connectivity index (χ3v) is 3.28. The third-order valence-electron chi connectivity index (χ3n) is 3.28. The van der Waals surface area contributed by atoms with E-state index in [1.54, 1.807) is 7.11 Å². The van der Waals surface area contributed by atoms with Crippen LogP contribution in [-0.4, -0.2) is 13.2 Å². The van der Waals surface area contributed by atoms with Gasteiger partial charge in [-0.1, -0.05) is 50.5 Å². The van der Waals surface area contributed by atoms with Gasteiger partial charge in [-0.05, 0) is 39.0 Å². The Labute approximate surface area is 108 Å². The molecule has 0 N–H and O–H groups in total. The molecule has 0 saturated carbocycles. The Bertz CT molecular complexity index is 228. The van der Waals surface area contributed by atoms with Gasteiger partial charge in [-0.25, -0.2) is 0 Å². The zero-order valence-electron chi connectivity index (χ0n) is 12.3. The molecular formula is C16H30O. The summed E-state index contributed by atoms with van der Waals surface area (Å²) in [7, 11) is 1.77. The van der Waals surface area contributed by atoms with E-state index in [-0.39, 0.29) is 0 Å². The van der Waals surface area contributed by atoms with Crippen molar-refractivity contribution in [2.75, 3.05) is 7.11 Å². The van der Waals surface area contributed by atoms with Gasteiger partial charge in [-0.3, -0.25) is 0 Å². The molecule has 100 valence electrons. The fourth-order valence-electron chi connectivity index (χ4n) is 1.88. The van der Waals surface area contributed by atoms with Crippen LogP contribution in [0.4, 0.5) is 0 Å². The molecule has 0 radical (unpaired) electrons. The minimum atomic E-state index is 0.323. The van der Waals surface area contributed by atoms with E-state index in [4.69, 9.17) is 4.74 Å². The van der Waals surface area contributed by atoms with Crippen LogP contribution < -0.4 is 0 Å². The first-order valence-electron chi connectivity index (χ1n) is 6.98. The summed E-state index contributed by atoms with van der Waals surface area (Å²) >= 11 is 0. The predicted molar refractivity (Wildman–Crippen MR) is 77.3 cm³/mol. The molecule has 0 aromatic rings. The molecule has 0 aliphatic rings. The molecule has 0 fully saturated rings. The first-order valence-corrected chi connectivity index (χ1v) is 6.98. The lowest BCUT2D eigenvalue weighted by Crippen LogP contribution is -2.01. The summed E-state index contributed by atoms with van der Waals surface area (Å²) in [5.74, 6) is 0.848. The van der Waals surface area contributed by atoms with Crippen molar-refractivity contribution < 1.29 is 4.74 Å². The molecular weight excluding hydrogens is 208 g/mol. The van der Waals surface area contributed by atoms with Gasteiger partial charge in [0.25, 0.3) is 0 Å². The average Bonchev–Trinajstić information content (AvgIpc) is 2.33. The summed E-state index contributed by atoms with van der Waals surface area (Å²) < 4.78 is 5.23. The molecule has 0 spiro atoms. The van der Waals surface area contributed by atoms with Gasteiger partial charge in [-0.15, -0.1) is 0 Å². The van der Waals surface area contributed by atoms with Gasteiger partial charge in [0.2, 0.25) is 0 Å². The Morgan fingerprint density at radius 1 is 1.24 bits per heavy atom. The highest BCUT2D eigenvalue weighted by molar-refractivity contribution is 5.17. The third kappa shape index (κ3) is 9.17. The van der Waals surface area contributed by atoms with E-state index in [1.165, 1.54) is 31.3 Å². The van der Waals surface area contributed by atoms with Crippen LogP contribution in [0.5, 0.6) is 0 Å². The average molecular weight is 238 g/mol. The van der Waals surface area contributed by atoms with Gasteiger partial charge >= 0.3 is 0 Å². The minimum absolute atomic E-state index is 0.323. The van der Waals surface area contributed by atoms with Crippen LogP contribution >= 0.6 is 0 Å². The smallest absolute Gasteiger partial charge is 0.0577 e. The van der Waals surface area contributed by atoms with Crippen molar-refractivity contribution in [3.63, 3.8) is 0 Å². The Morgan fingerprint density at radius 3 is 2.47 bits per heavy atom. The van der Waals surface area contributed by atoms with Crippen LogP contribution in [0, 0.1) is 5.92 Å². The lowest BCUT2D eigenvalue weighted by molar-refractivity contribution is 0.121. The number of methoxy groups -OCH3 is 1. The number of allylic oxidation sites excluding steroid dienone is 3. The van der Waals surface area contributed by atoms with E-state index in [0.29, 0.717) is 6.10 Å². The Kier molecular flexibility index (Phi) is 10.2. The maximum Gasteiger partial charge on any atom is 0.0577 e. The topological polar surface area (TPSA) is 9.23 Å². The van der Waals surface area contributed by atoms with Crippen LogP contribution in [0.2, 0.25) is 0 Å². The fraction of sp³-hybridized carbons (Fsp3) is 0.750. The maximum atomic E-state index is 5.23. The highest BCUT2D eigenvalue weighted by Crippen LogP contribution is 2.17. The van der Waals surface area contributed by atoms with Crippen molar-refractivity contribution in [1.29, 1.82) is 0 Å². The van der Waals surface area contributed by atoms with Crippen molar-refractivity contribution in [3.05, 3.63) is 23.8 Å². The van der Waals surface area contributed by atoms with Gasteiger partial charge < -0.3 is 4.74 Å². The summed E-state index contributed by atoms with van der Waals surface area (Å²) in [6.07, 6.45) is 13.2. The lowest BCUT2D eigenvalue weighted by Gasteiger charge is -2.10. The van der Waals surface area contributed by atoms with Crippen LogP contribution in [0.1, 0.15) is 59.8 Å². The van der Waals surface area contributed by atoms with Gasteiger partial charge in [-0.2, -0.15) is 0 Å². The van der Waals surface area contributed by atoms with Gasteiger partial charge in [0.05, 0.1) is 6.10 Å². The molecule has 0 rings (SSSR count). The predicted octanol–water partition coefficient (Wildman–Crippen LogP) is 5.13. The Balaban J connectivity index is 3.92. The summed E-state index contributed by atoms with van der Waals surface area (Å²) in [5, 5.41) is 0. The zero-order valence-corrected chi connectivity index (χ0v) is 12.3. The van der Waals surface area contributed by atoms with Crippen molar-refractivity contribution in [3.8, 4) is 0 Å². The first kappa shape index (κ1) is 16.4. The molecule has 0 saturated heterocycles. The molecule has 2 unspecified atom stereocenters. The number of hydrogen-bond acceptors (Lipinski definition) is 1. The minimum Gasteiger partial charge on any atom is -0.381 e. The van der Waals surface area contributed by atoms with E-state index >= 15 is 0 Å². The van der Waals surface area contributed by atoms with E-state index in [0.717, 1.165) is 12.3 Å². The highest BCUT2D eigenvalue weighted by Gasteiger charge is 2.01. The number of hydrogen-bond donors (Lipinski definition) is 0. The molecule has 0 aromatic heterocycles. The van der Waals surface area contributed by atoms with E-state index in [2.05, 4.69) is 45.9 Å². The summed E-state index contributed by atoms with van der Waals surface area (Å²) in [4.78, 5) is 0. The molecule has 0 heterocycles. The van der Waals surface area contributed by atoms with Crippen LogP contribution in [-0.2, 0) is 4.74 Å². The van der Waals surface area contributed by atoms with E-state index in [9.17, 15) is 0 Å². The van der Waals surface area contributed by atoms with E-state index < -0.39 is 0 Å². The SMILES string of the molecule is CC=C(C=CCC(C)OC)CCC(C)CCC. The molecule has 0 bridgehead atoms. The monoisotopic (exact) mass is 238 g/mol. The first-order chi connectivity index (χ1) is 8.13. The van der Waals surface area contributed by atoms with Crippen LogP contribution in [0.15, 0.2) is 23.8 Å². The van der Waals surface area contributed by atoms with Crippen molar-refractivity contribution in [1.82, 2.24) is 0 Å². The fourth-order valence-corrected chi connectivity index (χ4v) is 1.88. The molecule has 2 atom stereocenters. The number of rotatable bonds is 9. The standard InChI is InChI=1S/C16H30O/c1-6-9-14(3)12-13-16(7-2)11-8-10-15(4)17-5/h7-8,11,14-15H,6,9-10,12-13H2,1-5H3. The van der Waals surface area contributed by atoms with Crippen molar-refractivity contribution in [2.24, 2.45) is 5.92 Å². The molecule has 0 amide bonds. The van der Waals surface area contributed by atoms with Gasteiger partial charge in [0, 0.05) is 7.11 Å². The number of ether oxygens (including phenoxy) is 1. The zero-order chi connectivity index (χ0) is 13.1. The molecule has 1 nitrogen and oxygen atoms in total. The van der Waals surface area contributed by atoms with Crippen molar-refractivity contribution in [2.45, 2.75) is 65.9 Å². The summed E-state index contributed by atoms with van der Waals surface area (Å²) in [6.45, 7) is 8.85. The lowest BCUT2D eigenvalue weighted by atomic mass is 9.97. The summed E-state index contributed by atoms with van der Waals surface area (Å²) in [5.41, 5.74) is 1.45. The van der Waals surface area contributed by atoms with Gasteiger partial charge in [0.15, 0.2) is 0 Å². The van der Waals surface area contributed by atoms with Gasteiger partial charge in [0.1, 0.15) is 0 Å². The molecule has 0 aliphatic carbocycles. The molecule has 0 aliphatic heterocycles. The second-order valence-corrected chi connectivity index (χ2v) is 4.98. The normalized spacial score (nSPS) is 16.4.